The van der Waals surface area contributed by atoms with Crippen LogP contribution in [0.2, 0.25) is 0 Å². The van der Waals surface area contributed by atoms with Crippen LogP contribution in [0.15, 0.2) is 48.5 Å². The van der Waals surface area contributed by atoms with E-state index in [1.807, 2.05) is 36.4 Å². The number of unbranched alkanes of at least 4 members (excludes halogenated alkanes) is 4. The van der Waals surface area contributed by atoms with Gasteiger partial charge in [-0.2, -0.15) is 0 Å². The van der Waals surface area contributed by atoms with E-state index in [2.05, 4.69) is 19.1 Å². The highest BCUT2D eigenvalue weighted by atomic mass is 16.6. The van der Waals surface area contributed by atoms with Gasteiger partial charge in [0.2, 0.25) is 0 Å². The third kappa shape index (κ3) is 4.40. The van der Waals surface area contributed by atoms with Gasteiger partial charge in [0.15, 0.2) is 0 Å². The summed E-state index contributed by atoms with van der Waals surface area (Å²) in [5.41, 5.74) is 4.49. The van der Waals surface area contributed by atoms with Gasteiger partial charge in [0.25, 0.3) is 5.79 Å². The Kier molecular flexibility index (Phi) is 6.30. The Morgan fingerprint density at radius 1 is 0.926 bits per heavy atom. The van der Waals surface area contributed by atoms with E-state index in [1.165, 1.54) is 0 Å². The fraction of sp³-hybridized carbons (Fsp3) is 0.435. The molecule has 144 valence electrons. The monoisotopic (exact) mass is 368 g/mol. The summed E-state index contributed by atoms with van der Waals surface area (Å²) in [7, 11) is 0. The molecule has 0 saturated heterocycles. The summed E-state index contributed by atoms with van der Waals surface area (Å²) >= 11 is 0. The predicted molar refractivity (Wildman–Crippen MR) is 105 cm³/mol. The first-order valence-corrected chi connectivity index (χ1v) is 9.85. The van der Waals surface area contributed by atoms with Gasteiger partial charge in [-0.15, -0.1) is 0 Å². The molecule has 0 bridgehead atoms. The van der Waals surface area contributed by atoms with Gasteiger partial charge in [-0.25, -0.2) is 4.79 Å². The Morgan fingerprint density at radius 2 is 1.48 bits per heavy atom. The summed E-state index contributed by atoms with van der Waals surface area (Å²) in [5, 5.41) is 20.2. The van der Waals surface area contributed by atoms with Gasteiger partial charge in [0.1, 0.15) is 6.61 Å². The minimum absolute atomic E-state index is 0.00733. The Bertz CT molecular complexity index is 736. The van der Waals surface area contributed by atoms with Crippen LogP contribution in [0.3, 0.4) is 0 Å². The lowest BCUT2D eigenvalue weighted by atomic mass is 9.98. The van der Waals surface area contributed by atoms with E-state index >= 15 is 0 Å². The lowest BCUT2D eigenvalue weighted by molar-refractivity contribution is -0.212. The van der Waals surface area contributed by atoms with Gasteiger partial charge < -0.3 is 14.9 Å². The van der Waals surface area contributed by atoms with E-state index in [0.717, 1.165) is 47.9 Å². The van der Waals surface area contributed by atoms with Crippen molar-refractivity contribution in [2.75, 3.05) is 6.61 Å². The topological polar surface area (TPSA) is 66.8 Å². The van der Waals surface area contributed by atoms with Gasteiger partial charge in [-0.3, -0.25) is 0 Å². The minimum atomic E-state index is -2.41. The van der Waals surface area contributed by atoms with Crippen LogP contribution in [0, 0.1) is 0 Å². The maximum Gasteiger partial charge on any atom is 0.366 e. The molecule has 0 heterocycles. The van der Waals surface area contributed by atoms with Crippen molar-refractivity contribution >= 4 is 5.97 Å². The highest BCUT2D eigenvalue weighted by Crippen LogP contribution is 2.44. The number of carbonyl (C=O) groups excluding carboxylic acids is 1. The summed E-state index contributed by atoms with van der Waals surface area (Å²) in [6.07, 6.45) is 4.76. The SMILES string of the molecule is CCCCCCCC(O)(O)C(=O)OCC1c2ccccc2-c2ccccc21. The molecule has 0 radical (unpaired) electrons. The summed E-state index contributed by atoms with van der Waals surface area (Å²) in [6.45, 7) is 2.23. The molecule has 0 spiro atoms. The molecule has 4 nitrogen and oxygen atoms in total. The molecule has 0 atom stereocenters. The summed E-state index contributed by atoms with van der Waals surface area (Å²) in [4.78, 5) is 12.2. The first-order valence-electron chi connectivity index (χ1n) is 9.85. The van der Waals surface area contributed by atoms with Crippen molar-refractivity contribution in [1.82, 2.24) is 0 Å². The number of hydrogen-bond donors (Lipinski definition) is 2. The van der Waals surface area contributed by atoms with E-state index in [-0.39, 0.29) is 18.9 Å². The molecule has 4 heteroatoms. The summed E-state index contributed by atoms with van der Waals surface area (Å²) in [5.74, 6) is -3.45. The maximum atomic E-state index is 12.2. The molecule has 0 aliphatic heterocycles. The Balaban J connectivity index is 1.62. The van der Waals surface area contributed by atoms with Crippen molar-refractivity contribution in [2.45, 2.75) is 57.2 Å². The molecule has 1 aliphatic carbocycles. The highest BCUT2D eigenvalue weighted by Gasteiger charge is 2.36. The zero-order valence-corrected chi connectivity index (χ0v) is 15.9. The molecule has 0 amide bonds. The number of fused-ring (bicyclic) bond motifs is 3. The van der Waals surface area contributed by atoms with Crippen LogP contribution in [0.4, 0.5) is 0 Å². The quantitative estimate of drug-likeness (QED) is 0.391. The van der Waals surface area contributed by atoms with Crippen LogP contribution < -0.4 is 0 Å². The Morgan fingerprint density at radius 3 is 2.07 bits per heavy atom. The number of hydrogen-bond acceptors (Lipinski definition) is 4. The third-order valence-corrected chi connectivity index (χ3v) is 5.30. The van der Waals surface area contributed by atoms with Crippen molar-refractivity contribution in [3.8, 4) is 11.1 Å². The zero-order chi connectivity index (χ0) is 19.3. The van der Waals surface area contributed by atoms with E-state index < -0.39 is 11.8 Å². The molecule has 27 heavy (non-hydrogen) atoms. The van der Waals surface area contributed by atoms with Gasteiger partial charge in [-0.05, 0) is 28.7 Å². The van der Waals surface area contributed by atoms with Gasteiger partial charge >= 0.3 is 5.97 Å². The third-order valence-electron chi connectivity index (χ3n) is 5.30. The number of carbonyl (C=O) groups is 1. The summed E-state index contributed by atoms with van der Waals surface area (Å²) < 4.78 is 5.34. The van der Waals surface area contributed by atoms with E-state index in [0.29, 0.717) is 6.42 Å². The second-order valence-electron chi connectivity index (χ2n) is 7.31. The average Bonchev–Trinajstić information content (AvgIpc) is 3.00. The largest absolute Gasteiger partial charge is 0.461 e. The smallest absolute Gasteiger partial charge is 0.366 e. The molecular formula is C23H28O4. The minimum Gasteiger partial charge on any atom is -0.461 e. The molecule has 2 aromatic carbocycles. The lowest BCUT2D eigenvalue weighted by Gasteiger charge is -2.21. The fourth-order valence-electron chi connectivity index (χ4n) is 3.79. The number of aliphatic hydroxyl groups is 2. The van der Waals surface area contributed by atoms with E-state index in [1.54, 1.807) is 0 Å². The highest BCUT2D eigenvalue weighted by molar-refractivity contribution is 5.80. The normalized spacial score (nSPS) is 13.3. The summed E-state index contributed by atoms with van der Waals surface area (Å²) in [6, 6.07) is 16.1. The second-order valence-corrected chi connectivity index (χ2v) is 7.31. The molecular weight excluding hydrogens is 340 g/mol. The number of esters is 1. The van der Waals surface area contributed by atoms with Crippen molar-refractivity contribution in [3.63, 3.8) is 0 Å². The molecule has 0 fully saturated rings. The molecule has 0 unspecified atom stereocenters. The predicted octanol–water partition coefficient (Wildman–Crippen LogP) is 4.38. The molecule has 0 saturated carbocycles. The standard InChI is InChI=1S/C23H28O4/c1-2-3-4-5-10-15-23(25,26)22(24)27-16-21-19-13-8-6-11-17(19)18-12-7-9-14-20(18)21/h6-9,11-14,21,25-26H,2-5,10,15-16H2,1H3. The van der Waals surface area contributed by atoms with Crippen LogP contribution in [-0.2, 0) is 9.53 Å². The Labute approximate surface area is 160 Å². The van der Waals surface area contributed by atoms with Crippen LogP contribution >= 0.6 is 0 Å². The van der Waals surface area contributed by atoms with Crippen LogP contribution in [0.25, 0.3) is 11.1 Å². The van der Waals surface area contributed by atoms with Gasteiger partial charge in [0.05, 0.1) is 0 Å². The number of benzene rings is 2. The van der Waals surface area contributed by atoms with Gasteiger partial charge in [-0.1, -0.05) is 81.1 Å². The van der Waals surface area contributed by atoms with Gasteiger partial charge in [0, 0.05) is 12.3 Å². The van der Waals surface area contributed by atoms with E-state index in [4.69, 9.17) is 4.74 Å². The van der Waals surface area contributed by atoms with Crippen LogP contribution in [0.5, 0.6) is 0 Å². The lowest BCUT2D eigenvalue weighted by Crippen LogP contribution is -2.40. The van der Waals surface area contributed by atoms with Crippen molar-refractivity contribution in [3.05, 3.63) is 59.7 Å². The fourth-order valence-corrected chi connectivity index (χ4v) is 3.79. The molecule has 1 aliphatic rings. The van der Waals surface area contributed by atoms with Crippen molar-refractivity contribution < 1.29 is 19.7 Å². The Hall–Kier alpha value is -2.17. The maximum absolute atomic E-state index is 12.2. The molecule has 2 aromatic rings. The van der Waals surface area contributed by atoms with Crippen molar-refractivity contribution in [1.29, 1.82) is 0 Å². The molecule has 0 aromatic heterocycles. The van der Waals surface area contributed by atoms with Crippen LogP contribution in [-0.4, -0.2) is 28.6 Å². The average molecular weight is 368 g/mol. The zero-order valence-electron chi connectivity index (χ0n) is 15.9. The molecule has 2 N–H and O–H groups in total. The van der Waals surface area contributed by atoms with Crippen molar-refractivity contribution in [2.24, 2.45) is 0 Å². The number of ether oxygens (including phenoxy) is 1. The second kappa shape index (κ2) is 8.68. The van der Waals surface area contributed by atoms with E-state index in [9.17, 15) is 15.0 Å². The van der Waals surface area contributed by atoms with Crippen LogP contribution in [0.1, 0.15) is 62.5 Å². The number of rotatable bonds is 9. The first-order chi connectivity index (χ1) is 13.0. The molecule has 3 rings (SSSR count). The first kappa shape index (κ1) is 19.6.